The molecular weight excluding hydrogens is 342 g/mol. The number of benzene rings is 1. The Bertz CT molecular complexity index is 667. The first-order valence-electron chi connectivity index (χ1n) is 9.60. The Labute approximate surface area is 161 Å². The number of ether oxygens (including phenoxy) is 1. The highest BCUT2D eigenvalue weighted by atomic mass is 16.5. The van der Waals surface area contributed by atoms with Gasteiger partial charge < -0.3 is 19.5 Å². The van der Waals surface area contributed by atoms with Crippen molar-refractivity contribution in [1.82, 2.24) is 20.3 Å². The highest BCUT2D eigenvalue weighted by molar-refractivity contribution is 5.79. The molecule has 0 amide bonds. The Morgan fingerprint density at radius 2 is 1.96 bits per heavy atom. The molecule has 7 nitrogen and oxygen atoms in total. The number of piperazine rings is 1. The minimum absolute atomic E-state index is 0.741. The molecular formula is C20H29N5O2. The summed E-state index contributed by atoms with van der Waals surface area (Å²) in [5.41, 5.74) is 0.990. The number of hydrogen-bond donors (Lipinski definition) is 1. The van der Waals surface area contributed by atoms with E-state index in [1.807, 2.05) is 43.4 Å². The number of nitrogens with one attached hydrogen (secondary N) is 1. The van der Waals surface area contributed by atoms with Crippen LogP contribution in [0.25, 0.3) is 0 Å². The van der Waals surface area contributed by atoms with Crippen LogP contribution < -0.4 is 10.1 Å². The van der Waals surface area contributed by atoms with Crippen LogP contribution in [0.3, 0.4) is 0 Å². The molecule has 1 fully saturated rings. The van der Waals surface area contributed by atoms with Crippen molar-refractivity contribution < 1.29 is 9.26 Å². The van der Waals surface area contributed by atoms with Crippen LogP contribution in [0.4, 0.5) is 0 Å². The zero-order chi connectivity index (χ0) is 18.7. The Morgan fingerprint density at radius 3 is 2.67 bits per heavy atom. The molecule has 1 aromatic heterocycles. The van der Waals surface area contributed by atoms with Crippen molar-refractivity contribution in [2.45, 2.75) is 19.4 Å². The van der Waals surface area contributed by atoms with Gasteiger partial charge in [-0.1, -0.05) is 23.4 Å². The van der Waals surface area contributed by atoms with Crippen molar-refractivity contribution in [3.05, 3.63) is 48.4 Å². The van der Waals surface area contributed by atoms with Gasteiger partial charge in [0.1, 0.15) is 12.0 Å². The fourth-order valence-corrected chi connectivity index (χ4v) is 3.13. The van der Waals surface area contributed by atoms with Gasteiger partial charge in [0.15, 0.2) is 5.96 Å². The van der Waals surface area contributed by atoms with E-state index in [1.165, 1.54) is 0 Å². The summed E-state index contributed by atoms with van der Waals surface area (Å²) in [5.74, 6) is 1.92. The quantitative estimate of drug-likeness (QED) is 0.436. The molecule has 1 N–H and O–H groups in total. The number of nitrogens with zero attached hydrogens (tertiary/aromatic N) is 4. The van der Waals surface area contributed by atoms with Crippen molar-refractivity contribution in [2.75, 3.05) is 46.4 Å². The van der Waals surface area contributed by atoms with Crippen molar-refractivity contribution in [1.29, 1.82) is 0 Å². The Hall–Kier alpha value is -2.54. The Kier molecular flexibility index (Phi) is 7.53. The fraction of sp³-hybridized carbons (Fsp3) is 0.500. The third-order valence-electron chi connectivity index (χ3n) is 4.63. The van der Waals surface area contributed by atoms with Crippen molar-refractivity contribution in [3.8, 4) is 5.75 Å². The van der Waals surface area contributed by atoms with Crippen LogP contribution in [0, 0.1) is 0 Å². The number of aromatic nitrogens is 1. The molecule has 0 unspecified atom stereocenters. The highest BCUT2D eigenvalue weighted by Gasteiger charge is 2.20. The Morgan fingerprint density at radius 1 is 1.15 bits per heavy atom. The molecule has 1 aliphatic heterocycles. The van der Waals surface area contributed by atoms with Crippen LogP contribution in [0.2, 0.25) is 0 Å². The molecule has 146 valence electrons. The van der Waals surface area contributed by atoms with E-state index in [-0.39, 0.29) is 0 Å². The van der Waals surface area contributed by atoms with Gasteiger partial charge in [0.25, 0.3) is 0 Å². The monoisotopic (exact) mass is 371 g/mol. The topological polar surface area (TPSA) is 66.1 Å². The summed E-state index contributed by atoms with van der Waals surface area (Å²) >= 11 is 0. The highest BCUT2D eigenvalue weighted by Crippen LogP contribution is 2.09. The van der Waals surface area contributed by atoms with E-state index in [4.69, 9.17) is 9.26 Å². The largest absolute Gasteiger partial charge is 0.494 e. The normalized spacial score (nSPS) is 15.7. The SMILES string of the molecule is CN=C(NCCCCOc1ccccc1)N1CCN(Cc2ccon2)CC1. The first-order chi connectivity index (χ1) is 13.3. The average Bonchev–Trinajstić information content (AvgIpc) is 3.22. The van der Waals surface area contributed by atoms with E-state index >= 15 is 0 Å². The number of para-hydroxylation sites is 1. The second-order valence-electron chi connectivity index (χ2n) is 6.60. The maximum absolute atomic E-state index is 5.72. The molecule has 0 saturated carbocycles. The lowest BCUT2D eigenvalue weighted by molar-refractivity contribution is 0.169. The summed E-state index contributed by atoms with van der Waals surface area (Å²) in [7, 11) is 1.85. The zero-order valence-corrected chi connectivity index (χ0v) is 16.0. The summed E-state index contributed by atoms with van der Waals surface area (Å²) in [4.78, 5) is 9.14. The van der Waals surface area contributed by atoms with Gasteiger partial charge in [0.2, 0.25) is 0 Å². The summed E-state index contributed by atoms with van der Waals surface area (Å²) in [6.07, 6.45) is 3.70. The maximum atomic E-state index is 5.72. The van der Waals surface area contributed by atoms with E-state index < -0.39 is 0 Å². The van der Waals surface area contributed by atoms with Crippen molar-refractivity contribution >= 4 is 5.96 Å². The molecule has 1 saturated heterocycles. The summed E-state index contributed by atoms with van der Waals surface area (Å²) < 4.78 is 10.6. The first-order valence-corrected chi connectivity index (χ1v) is 9.60. The molecule has 0 bridgehead atoms. The molecule has 0 radical (unpaired) electrons. The van der Waals surface area contributed by atoms with Gasteiger partial charge in [-0.05, 0) is 25.0 Å². The number of rotatable bonds is 8. The zero-order valence-electron chi connectivity index (χ0n) is 16.0. The van der Waals surface area contributed by atoms with E-state index in [1.54, 1.807) is 6.26 Å². The molecule has 0 spiro atoms. The van der Waals surface area contributed by atoms with Crippen LogP contribution in [-0.4, -0.2) is 67.3 Å². The van der Waals surface area contributed by atoms with Gasteiger partial charge in [-0.2, -0.15) is 0 Å². The molecule has 7 heteroatoms. The van der Waals surface area contributed by atoms with Gasteiger partial charge >= 0.3 is 0 Å². The molecule has 3 rings (SSSR count). The molecule has 1 aliphatic rings. The molecule has 0 aliphatic carbocycles. The van der Waals surface area contributed by atoms with E-state index in [0.717, 1.165) is 76.1 Å². The fourth-order valence-electron chi connectivity index (χ4n) is 3.13. The lowest BCUT2D eigenvalue weighted by Crippen LogP contribution is -2.52. The minimum atomic E-state index is 0.741. The number of guanidine groups is 1. The second kappa shape index (κ2) is 10.6. The standard InChI is InChI=1S/C20H29N5O2/c1-21-20(22-10-5-6-15-26-19-7-3-2-4-8-19)25-13-11-24(12-14-25)17-18-9-16-27-23-18/h2-4,7-9,16H,5-6,10-15,17H2,1H3,(H,21,22). The third kappa shape index (κ3) is 6.29. The summed E-state index contributed by atoms with van der Waals surface area (Å²) in [6.45, 7) is 6.42. The first kappa shape index (κ1) is 19.2. The van der Waals surface area contributed by atoms with Gasteiger partial charge in [0.05, 0.1) is 12.3 Å². The van der Waals surface area contributed by atoms with Crippen molar-refractivity contribution in [3.63, 3.8) is 0 Å². The number of unbranched alkanes of at least 4 members (excludes halogenated alkanes) is 1. The molecule has 27 heavy (non-hydrogen) atoms. The van der Waals surface area contributed by atoms with Gasteiger partial charge in [-0.15, -0.1) is 0 Å². The maximum Gasteiger partial charge on any atom is 0.193 e. The molecule has 1 aromatic carbocycles. The predicted molar refractivity (Wildman–Crippen MR) is 106 cm³/mol. The van der Waals surface area contributed by atoms with E-state index in [0.29, 0.717) is 0 Å². The number of hydrogen-bond acceptors (Lipinski definition) is 5. The molecule has 0 atom stereocenters. The van der Waals surface area contributed by atoms with Crippen LogP contribution in [0.15, 0.2) is 52.2 Å². The minimum Gasteiger partial charge on any atom is -0.494 e. The molecule has 2 aromatic rings. The van der Waals surface area contributed by atoms with Crippen LogP contribution in [0.5, 0.6) is 5.75 Å². The summed E-state index contributed by atoms with van der Waals surface area (Å²) in [5, 5.41) is 7.46. The lowest BCUT2D eigenvalue weighted by atomic mass is 10.3. The van der Waals surface area contributed by atoms with E-state index in [9.17, 15) is 0 Å². The summed E-state index contributed by atoms with van der Waals surface area (Å²) in [6, 6.07) is 11.9. The number of aliphatic imine (C=N–C) groups is 1. The average molecular weight is 371 g/mol. The van der Waals surface area contributed by atoms with Gasteiger partial charge in [-0.3, -0.25) is 9.89 Å². The lowest BCUT2D eigenvalue weighted by Gasteiger charge is -2.36. The second-order valence-corrected chi connectivity index (χ2v) is 6.60. The predicted octanol–water partition coefficient (Wildman–Crippen LogP) is 2.23. The Balaban J connectivity index is 1.29. The van der Waals surface area contributed by atoms with Crippen LogP contribution in [-0.2, 0) is 6.54 Å². The van der Waals surface area contributed by atoms with Gasteiger partial charge in [-0.25, -0.2) is 0 Å². The third-order valence-corrected chi connectivity index (χ3v) is 4.63. The van der Waals surface area contributed by atoms with Crippen molar-refractivity contribution in [2.24, 2.45) is 4.99 Å². The van der Waals surface area contributed by atoms with E-state index in [2.05, 4.69) is 25.3 Å². The van der Waals surface area contributed by atoms with Crippen LogP contribution in [0.1, 0.15) is 18.5 Å². The van der Waals surface area contributed by atoms with Crippen LogP contribution >= 0.6 is 0 Å². The van der Waals surface area contributed by atoms with Gasteiger partial charge in [0, 0.05) is 52.4 Å². The molecule has 2 heterocycles. The smallest absolute Gasteiger partial charge is 0.193 e.